The lowest BCUT2D eigenvalue weighted by Crippen LogP contribution is -2.39. The zero-order valence-electron chi connectivity index (χ0n) is 20.2. The van der Waals surface area contributed by atoms with E-state index in [1.54, 1.807) is 24.3 Å². The summed E-state index contributed by atoms with van der Waals surface area (Å²) >= 11 is 0. The van der Waals surface area contributed by atoms with E-state index in [2.05, 4.69) is 25.4 Å². The molecule has 4 aromatic rings. The number of fused-ring (bicyclic) bond motifs is 1. The van der Waals surface area contributed by atoms with Gasteiger partial charge in [-0.15, -0.1) is 0 Å². The Morgan fingerprint density at radius 2 is 2.11 bits per heavy atom. The van der Waals surface area contributed by atoms with Gasteiger partial charge in [0.15, 0.2) is 6.17 Å². The Kier molecular flexibility index (Phi) is 6.93. The molecule has 0 unspecified atom stereocenters. The first kappa shape index (κ1) is 25.5. The second-order valence-electron chi connectivity index (χ2n) is 8.96. The first-order chi connectivity index (χ1) is 18.2. The number of alkyl halides is 4. The molecule has 1 N–H and O–H groups in total. The minimum absolute atomic E-state index is 0.00752. The third kappa shape index (κ3) is 5.57. The standard InChI is InChI=1S/C25H23F4N7O2/c1-35-9-7-19(17(26)13-35)32-18-5-2-6-20-16(18)10-21(36(20)14-25(27,28)29)23-33-22(38-34-23)12-31-24(37)15-4-3-8-30-11-15/h2-6,8,10-11,17H,7,9,12-14H2,1H3,(H,31,37)/b32-19+/t17-/m0/s1. The fourth-order valence-electron chi connectivity index (χ4n) is 4.30. The predicted molar refractivity (Wildman–Crippen MR) is 131 cm³/mol. The summed E-state index contributed by atoms with van der Waals surface area (Å²) in [5.74, 6) is -0.502. The average Bonchev–Trinajstić information content (AvgIpc) is 3.49. The summed E-state index contributed by atoms with van der Waals surface area (Å²) in [4.78, 5) is 26.7. The van der Waals surface area contributed by atoms with Crippen molar-refractivity contribution < 1.29 is 26.9 Å². The van der Waals surface area contributed by atoms with Gasteiger partial charge < -0.3 is 19.3 Å². The molecule has 38 heavy (non-hydrogen) atoms. The van der Waals surface area contributed by atoms with E-state index in [9.17, 15) is 22.4 Å². The molecule has 1 aliphatic rings. The number of nitrogens with zero attached hydrogens (tertiary/aromatic N) is 6. The predicted octanol–water partition coefficient (Wildman–Crippen LogP) is 4.32. The molecule has 1 atom stereocenters. The molecule has 13 heteroatoms. The fraction of sp³-hybridized carbons (Fsp3) is 0.320. The molecule has 198 valence electrons. The van der Waals surface area contributed by atoms with Crippen molar-refractivity contribution >= 4 is 28.2 Å². The number of hydrogen-bond acceptors (Lipinski definition) is 7. The SMILES string of the molecule is CN1CC/C(=N\c2cccc3c2cc(-c2noc(CNC(=O)c4cccnc4)n2)n3CC(F)(F)F)[C@@H](F)C1. The minimum Gasteiger partial charge on any atom is -0.343 e. The normalized spacial score (nSPS) is 17.8. The van der Waals surface area contributed by atoms with Crippen molar-refractivity contribution in [2.75, 3.05) is 20.1 Å². The molecule has 5 rings (SSSR count). The van der Waals surface area contributed by atoms with Gasteiger partial charge in [-0.25, -0.2) is 4.39 Å². The lowest BCUT2D eigenvalue weighted by atomic mass is 10.1. The Morgan fingerprint density at radius 3 is 2.84 bits per heavy atom. The number of aromatic nitrogens is 4. The molecule has 1 aliphatic heterocycles. The van der Waals surface area contributed by atoms with Crippen molar-refractivity contribution in [3.05, 3.63) is 60.2 Å². The number of nitrogens with one attached hydrogen (secondary N) is 1. The summed E-state index contributed by atoms with van der Waals surface area (Å²) < 4.78 is 61.5. The summed E-state index contributed by atoms with van der Waals surface area (Å²) in [5.41, 5.74) is 1.34. The molecule has 1 aromatic carbocycles. The van der Waals surface area contributed by atoms with E-state index in [1.165, 1.54) is 24.5 Å². The molecule has 4 heterocycles. The number of amides is 1. The molecule has 0 bridgehead atoms. The Labute approximate surface area is 214 Å². The number of piperidine rings is 1. The molecule has 1 saturated heterocycles. The first-order valence-electron chi connectivity index (χ1n) is 11.8. The van der Waals surface area contributed by atoms with Crippen LogP contribution in [-0.4, -0.2) is 68.7 Å². The van der Waals surface area contributed by atoms with Crippen molar-refractivity contribution in [3.8, 4) is 11.5 Å². The van der Waals surface area contributed by atoms with Crippen LogP contribution in [0.5, 0.6) is 0 Å². The third-order valence-corrected chi connectivity index (χ3v) is 6.13. The third-order valence-electron chi connectivity index (χ3n) is 6.13. The van der Waals surface area contributed by atoms with Gasteiger partial charge in [-0.05, 0) is 37.4 Å². The van der Waals surface area contributed by atoms with Crippen LogP contribution in [0.25, 0.3) is 22.4 Å². The topological polar surface area (TPSA) is 101 Å². The lowest BCUT2D eigenvalue weighted by molar-refractivity contribution is -0.139. The van der Waals surface area contributed by atoms with Crippen LogP contribution in [0.1, 0.15) is 22.7 Å². The number of hydrogen-bond donors (Lipinski definition) is 1. The van der Waals surface area contributed by atoms with Gasteiger partial charge in [0.25, 0.3) is 5.91 Å². The molecular formula is C25H23F4N7O2. The number of aliphatic imine (C=N–C) groups is 1. The summed E-state index contributed by atoms with van der Waals surface area (Å²) in [5, 5.41) is 6.86. The maximum Gasteiger partial charge on any atom is 0.406 e. The Balaban J connectivity index is 1.48. The van der Waals surface area contributed by atoms with E-state index in [0.29, 0.717) is 35.3 Å². The van der Waals surface area contributed by atoms with Crippen LogP contribution in [0.4, 0.5) is 23.2 Å². The van der Waals surface area contributed by atoms with Gasteiger partial charge >= 0.3 is 6.18 Å². The fourth-order valence-corrected chi connectivity index (χ4v) is 4.30. The van der Waals surface area contributed by atoms with Crippen molar-refractivity contribution in [2.24, 2.45) is 4.99 Å². The smallest absolute Gasteiger partial charge is 0.343 e. The van der Waals surface area contributed by atoms with Crippen LogP contribution in [0, 0.1) is 0 Å². The minimum atomic E-state index is -4.54. The number of carbonyl (C=O) groups excluding carboxylic acids is 1. The van der Waals surface area contributed by atoms with Crippen LogP contribution in [0.3, 0.4) is 0 Å². The molecule has 0 aliphatic carbocycles. The highest BCUT2D eigenvalue weighted by molar-refractivity contribution is 5.99. The average molecular weight is 529 g/mol. The maximum atomic E-state index is 14.6. The van der Waals surface area contributed by atoms with Crippen molar-refractivity contribution in [3.63, 3.8) is 0 Å². The van der Waals surface area contributed by atoms with E-state index in [0.717, 1.165) is 4.57 Å². The van der Waals surface area contributed by atoms with Gasteiger partial charge in [-0.3, -0.25) is 14.8 Å². The van der Waals surface area contributed by atoms with Gasteiger partial charge in [0.1, 0.15) is 6.54 Å². The van der Waals surface area contributed by atoms with Gasteiger partial charge in [0.05, 0.1) is 34.7 Å². The number of pyridine rings is 1. The van der Waals surface area contributed by atoms with E-state index in [1.807, 2.05) is 11.9 Å². The van der Waals surface area contributed by atoms with Gasteiger partial charge in [0, 0.05) is 37.3 Å². The second-order valence-corrected chi connectivity index (χ2v) is 8.96. The Hall–Kier alpha value is -4.13. The van der Waals surface area contributed by atoms with Crippen LogP contribution in [0.15, 0.2) is 58.3 Å². The zero-order valence-corrected chi connectivity index (χ0v) is 20.2. The number of rotatable bonds is 6. The first-order valence-corrected chi connectivity index (χ1v) is 11.8. The molecule has 3 aromatic heterocycles. The van der Waals surface area contributed by atoms with E-state index in [4.69, 9.17) is 4.52 Å². The molecule has 1 amide bonds. The van der Waals surface area contributed by atoms with Crippen molar-refractivity contribution in [1.29, 1.82) is 0 Å². The van der Waals surface area contributed by atoms with E-state index < -0.39 is 24.8 Å². The molecule has 0 saturated carbocycles. The van der Waals surface area contributed by atoms with Crippen LogP contribution < -0.4 is 5.32 Å². The highest BCUT2D eigenvalue weighted by atomic mass is 19.4. The summed E-state index contributed by atoms with van der Waals surface area (Å²) in [6.45, 7) is -0.591. The number of halogens is 4. The van der Waals surface area contributed by atoms with Gasteiger partial charge in [-0.2, -0.15) is 18.2 Å². The Bertz CT molecular complexity index is 1480. The largest absolute Gasteiger partial charge is 0.406 e. The summed E-state index contributed by atoms with van der Waals surface area (Å²) in [6, 6.07) is 9.43. The molecular weight excluding hydrogens is 506 g/mol. The van der Waals surface area contributed by atoms with Crippen molar-refractivity contribution in [2.45, 2.75) is 31.9 Å². The quantitative estimate of drug-likeness (QED) is 0.374. The van der Waals surface area contributed by atoms with Crippen LogP contribution >= 0.6 is 0 Å². The molecule has 0 radical (unpaired) electrons. The second kappa shape index (κ2) is 10.3. The molecule has 1 fully saturated rings. The van der Waals surface area contributed by atoms with Crippen LogP contribution in [0.2, 0.25) is 0 Å². The highest BCUT2D eigenvalue weighted by Crippen LogP contribution is 2.35. The Morgan fingerprint density at radius 1 is 1.26 bits per heavy atom. The van der Waals surface area contributed by atoms with Crippen LogP contribution in [-0.2, 0) is 13.1 Å². The van der Waals surface area contributed by atoms with Crippen molar-refractivity contribution in [1.82, 2.24) is 29.9 Å². The van der Waals surface area contributed by atoms with E-state index in [-0.39, 0.29) is 36.0 Å². The van der Waals surface area contributed by atoms with Gasteiger partial charge in [0.2, 0.25) is 11.7 Å². The number of benzene rings is 1. The van der Waals surface area contributed by atoms with Gasteiger partial charge in [-0.1, -0.05) is 11.2 Å². The zero-order chi connectivity index (χ0) is 26.9. The highest BCUT2D eigenvalue weighted by Gasteiger charge is 2.31. The number of likely N-dealkylation sites (tertiary alicyclic amines) is 1. The maximum absolute atomic E-state index is 14.6. The van der Waals surface area contributed by atoms with E-state index >= 15 is 0 Å². The lowest BCUT2D eigenvalue weighted by Gasteiger charge is -2.26. The summed E-state index contributed by atoms with van der Waals surface area (Å²) in [7, 11) is 1.82. The monoisotopic (exact) mass is 529 g/mol. The summed E-state index contributed by atoms with van der Waals surface area (Å²) in [6.07, 6.45) is -2.46. The molecule has 9 nitrogen and oxygen atoms in total. The molecule has 0 spiro atoms. The number of carbonyl (C=O) groups is 1.